The highest BCUT2D eigenvalue weighted by atomic mass is 32.2. The van der Waals surface area contributed by atoms with Crippen LogP contribution in [0.1, 0.15) is 37.9 Å². The van der Waals surface area contributed by atoms with Crippen molar-refractivity contribution in [3.8, 4) is 0 Å². The third-order valence-electron chi connectivity index (χ3n) is 6.92. The number of hydrogen-bond donors (Lipinski definition) is 3. The monoisotopic (exact) mass is 611 g/mol. The van der Waals surface area contributed by atoms with Crippen LogP contribution in [0.3, 0.4) is 0 Å². The number of benzene rings is 5. The maximum atomic E-state index is 13.6. The van der Waals surface area contributed by atoms with Crippen LogP contribution >= 0.6 is 11.8 Å². The predicted octanol–water partition coefficient (Wildman–Crippen LogP) is 8.19. The van der Waals surface area contributed by atoms with Gasteiger partial charge in [-0.3, -0.25) is 14.4 Å². The molecule has 0 heterocycles. The van der Waals surface area contributed by atoms with Crippen LogP contribution in [0.25, 0.3) is 6.08 Å². The van der Waals surface area contributed by atoms with E-state index < -0.39 is 17.1 Å². The summed E-state index contributed by atoms with van der Waals surface area (Å²) < 4.78 is 0. The minimum Gasteiger partial charge on any atom is -0.325 e. The van der Waals surface area contributed by atoms with Crippen LogP contribution in [0.2, 0.25) is 0 Å². The van der Waals surface area contributed by atoms with Crippen molar-refractivity contribution in [2.24, 2.45) is 0 Å². The number of carbonyl (C=O) groups is 3. The maximum Gasteiger partial charge on any atom is 0.272 e. The molecule has 0 aliphatic carbocycles. The Kier molecular flexibility index (Phi) is 10.2. The summed E-state index contributed by atoms with van der Waals surface area (Å²) in [7, 11) is 0. The number of aryl methyl sites for hydroxylation is 2. The normalized spacial score (nSPS) is 11.7. The van der Waals surface area contributed by atoms with E-state index in [0.29, 0.717) is 11.3 Å². The Morgan fingerprint density at radius 2 is 1.27 bits per heavy atom. The average molecular weight is 612 g/mol. The van der Waals surface area contributed by atoms with Crippen molar-refractivity contribution in [3.05, 3.63) is 167 Å². The molecule has 0 aromatic heterocycles. The fraction of sp³-hybridized carbons (Fsp3) is 0.0789. The molecule has 5 aromatic carbocycles. The molecule has 0 aliphatic rings. The van der Waals surface area contributed by atoms with E-state index in [1.54, 1.807) is 36.4 Å². The molecule has 5 rings (SSSR count). The van der Waals surface area contributed by atoms with Crippen molar-refractivity contribution < 1.29 is 14.4 Å². The molecule has 0 fully saturated rings. The first kappa shape index (κ1) is 31.0. The van der Waals surface area contributed by atoms with Gasteiger partial charge in [0.1, 0.15) is 10.9 Å². The summed E-state index contributed by atoms with van der Waals surface area (Å²) in [6, 6.07) is 41.0. The fourth-order valence-corrected chi connectivity index (χ4v) is 5.58. The van der Waals surface area contributed by atoms with Gasteiger partial charge >= 0.3 is 0 Å². The van der Waals surface area contributed by atoms with E-state index in [4.69, 9.17) is 0 Å². The Morgan fingerprint density at radius 1 is 0.644 bits per heavy atom. The van der Waals surface area contributed by atoms with Crippen molar-refractivity contribution in [2.75, 3.05) is 10.6 Å². The van der Waals surface area contributed by atoms with E-state index in [-0.39, 0.29) is 11.6 Å². The minimum atomic E-state index is -0.541. The van der Waals surface area contributed by atoms with Crippen LogP contribution in [0.4, 0.5) is 11.4 Å². The van der Waals surface area contributed by atoms with Crippen LogP contribution < -0.4 is 16.0 Å². The number of hydrogen-bond acceptors (Lipinski definition) is 4. The number of nitrogens with one attached hydrogen (secondary N) is 3. The van der Waals surface area contributed by atoms with E-state index in [9.17, 15) is 14.4 Å². The Morgan fingerprint density at radius 3 is 1.93 bits per heavy atom. The molecule has 0 aliphatic heterocycles. The van der Waals surface area contributed by atoms with Gasteiger partial charge in [0.2, 0.25) is 5.91 Å². The predicted molar refractivity (Wildman–Crippen MR) is 183 cm³/mol. The fourth-order valence-electron chi connectivity index (χ4n) is 4.50. The summed E-state index contributed by atoms with van der Waals surface area (Å²) >= 11 is 1.39. The minimum absolute atomic E-state index is 0.102. The largest absolute Gasteiger partial charge is 0.325 e. The van der Waals surface area contributed by atoms with Gasteiger partial charge in [-0.2, -0.15) is 0 Å². The summed E-state index contributed by atoms with van der Waals surface area (Å²) in [5, 5.41) is 8.19. The van der Waals surface area contributed by atoms with Gasteiger partial charge < -0.3 is 16.0 Å². The van der Waals surface area contributed by atoms with Gasteiger partial charge in [-0.1, -0.05) is 102 Å². The summed E-state index contributed by atoms with van der Waals surface area (Å²) in [5.74, 6) is -1.02. The van der Waals surface area contributed by atoms with E-state index >= 15 is 0 Å². The van der Waals surface area contributed by atoms with Crippen LogP contribution in [0.5, 0.6) is 0 Å². The molecular weight excluding hydrogens is 579 g/mol. The maximum absolute atomic E-state index is 13.6. The van der Waals surface area contributed by atoms with Crippen molar-refractivity contribution in [1.29, 1.82) is 0 Å². The highest BCUT2D eigenvalue weighted by Gasteiger charge is 2.23. The highest BCUT2D eigenvalue weighted by molar-refractivity contribution is 8.00. The molecule has 7 heteroatoms. The van der Waals surface area contributed by atoms with E-state index in [1.807, 2.05) is 117 Å². The van der Waals surface area contributed by atoms with Crippen molar-refractivity contribution in [2.45, 2.75) is 24.0 Å². The second-order valence-electron chi connectivity index (χ2n) is 10.5. The Hall–Kier alpha value is -5.40. The van der Waals surface area contributed by atoms with Crippen LogP contribution in [0.15, 0.2) is 144 Å². The molecule has 0 spiro atoms. The third kappa shape index (κ3) is 8.81. The quantitative estimate of drug-likeness (QED) is 0.110. The third-order valence-corrected chi connectivity index (χ3v) is 8.17. The van der Waals surface area contributed by atoms with Gasteiger partial charge in [-0.25, -0.2) is 0 Å². The van der Waals surface area contributed by atoms with Gasteiger partial charge in [0.25, 0.3) is 11.8 Å². The molecule has 45 heavy (non-hydrogen) atoms. The highest BCUT2D eigenvalue weighted by Crippen LogP contribution is 2.37. The molecule has 1 unspecified atom stereocenters. The lowest BCUT2D eigenvalue weighted by Gasteiger charge is -2.18. The van der Waals surface area contributed by atoms with E-state index in [2.05, 4.69) is 16.0 Å². The smallest absolute Gasteiger partial charge is 0.272 e. The van der Waals surface area contributed by atoms with Crippen LogP contribution in [-0.4, -0.2) is 17.7 Å². The zero-order chi connectivity index (χ0) is 31.6. The molecule has 0 bridgehead atoms. The van der Waals surface area contributed by atoms with Crippen molar-refractivity contribution >= 4 is 46.9 Å². The number of carbonyl (C=O) groups excluding carboxylic acids is 3. The van der Waals surface area contributed by atoms with Gasteiger partial charge in [-0.05, 0) is 73.5 Å². The zero-order valence-corrected chi connectivity index (χ0v) is 25.8. The lowest BCUT2D eigenvalue weighted by Crippen LogP contribution is -2.30. The Bertz CT molecular complexity index is 1800. The van der Waals surface area contributed by atoms with Crippen LogP contribution in [0, 0.1) is 13.8 Å². The number of rotatable bonds is 10. The van der Waals surface area contributed by atoms with Crippen molar-refractivity contribution in [1.82, 2.24) is 5.32 Å². The van der Waals surface area contributed by atoms with Gasteiger partial charge in [-0.15, -0.1) is 11.8 Å². The standard InChI is InChI=1S/C38H33N3O3S/c1-26-16-20-28(21-17-26)24-34(41-36(42)30-12-7-4-8-13-30)37(43)40-32-14-9-15-33(25-32)45-35(29-10-5-3-6-11-29)38(44)39-31-22-18-27(2)19-23-31/h3-25,35H,1-2H3,(H,39,44)(H,40,43)(H,41,42)/b34-24-. The first-order valence-corrected chi connectivity index (χ1v) is 15.4. The molecule has 0 radical (unpaired) electrons. The summed E-state index contributed by atoms with van der Waals surface area (Å²) in [6.07, 6.45) is 1.65. The molecule has 224 valence electrons. The lowest BCUT2D eigenvalue weighted by atomic mass is 10.1. The van der Waals surface area contributed by atoms with Crippen LogP contribution in [-0.2, 0) is 9.59 Å². The lowest BCUT2D eigenvalue weighted by molar-refractivity contribution is -0.116. The summed E-state index contributed by atoms with van der Waals surface area (Å²) in [5.41, 5.74) is 5.61. The SMILES string of the molecule is Cc1ccc(/C=C(\NC(=O)c2ccccc2)C(=O)Nc2cccc(SC(C(=O)Nc3ccc(C)cc3)c3ccccc3)c2)cc1. The second-order valence-corrected chi connectivity index (χ2v) is 11.7. The topological polar surface area (TPSA) is 87.3 Å². The first-order chi connectivity index (χ1) is 21.8. The molecule has 0 saturated heterocycles. The molecule has 1 atom stereocenters. The number of thioether (sulfide) groups is 1. The molecule has 3 N–H and O–H groups in total. The number of anilines is 2. The molecule has 0 saturated carbocycles. The van der Waals surface area contributed by atoms with E-state index in [0.717, 1.165) is 32.8 Å². The van der Waals surface area contributed by atoms with Gasteiger partial charge in [0, 0.05) is 21.8 Å². The summed E-state index contributed by atoms with van der Waals surface area (Å²) in [6.45, 7) is 3.98. The molecule has 3 amide bonds. The van der Waals surface area contributed by atoms with Gasteiger partial charge in [0.05, 0.1) is 0 Å². The number of amides is 3. The van der Waals surface area contributed by atoms with Gasteiger partial charge in [0.15, 0.2) is 0 Å². The molecular formula is C38H33N3O3S. The summed E-state index contributed by atoms with van der Waals surface area (Å²) in [4.78, 5) is 40.9. The Balaban J connectivity index is 1.37. The average Bonchev–Trinajstić information content (AvgIpc) is 3.06. The second kappa shape index (κ2) is 14.9. The molecule has 5 aromatic rings. The molecule has 6 nitrogen and oxygen atoms in total. The Labute approximate surface area is 267 Å². The van der Waals surface area contributed by atoms with Crippen molar-refractivity contribution in [3.63, 3.8) is 0 Å². The first-order valence-electron chi connectivity index (χ1n) is 14.5. The zero-order valence-electron chi connectivity index (χ0n) is 25.0. The van der Waals surface area contributed by atoms with E-state index in [1.165, 1.54) is 11.8 Å².